The normalized spacial score (nSPS) is 34.1. The average molecular weight is 184 g/mol. The first kappa shape index (κ1) is 10.7. The average Bonchev–Trinajstić information content (AvgIpc) is 2.34. The summed E-state index contributed by atoms with van der Waals surface area (Å²) >= 11 is 0. The molecule has 3 atom stereocenters. The van der Waals surface area contributed by atoms with Gasteiger partial charge in [0.15, 0.2) is 5.78 Å². The van der Waals surface area contributed by atoms with Crippen LogP contribution < -0.4 is 0 Å². The molecule has 0 radical (unpaired) electrons. The molecule has 3 unspecified atom stereocenters. The summed E-state index contributed by atoms with van der Waals surface area (Å²) in [6.45, 7) is 4.13. The lowest BCUT2D eigenvalue weighted by molar-refractivity contribution is -0.127. The van der Waals surface area contributed by atoms with Gasteiger partial charge < -0.3 is 5.11 Å². The molecule has 0 bridgehead atoms. The van der Waals surface area contributed by atoms with Gasteiger partial charge in [0.1, 0.15) is 6.10 Å². The van der Waals surface area contributed by atoms with Crippen molar-refractivity contribution in [3.8, 4) is 0 Å². The SMILES string of the molecule is CCCCCC1CC(O)C(=O)C1C. The number of aliphatic hydroxyl groups excluding tert-OH is 1. The summed E-state index contributed by atoms with van der Waals surface area (Å²) in [4.78, 5) is 11.3. The first-order chi connectivity index (χ1) is 6.16. The van der Waals surface area contributed by atoms with Crippen molar-refractivity contribution < 1.29 is 9.90 Å². The van der Waals surface area contributed by atoms with Crippen LogP contribution in [0.3, 0.4) is 0 Å². The van der Waals surface area contributed by atoms with E-state index in [1.54, 1.807) is 0 Å². The quantitative estimate of drug-likeness (QED) is 0.680. The van der Waals surface area contributed by atoms with Gasteiger partial charge in [-0.05, 0) is 18.8 Å². The van der Waals surface area contributed by atoms with Crippen molar-refractivity contribution in [1.82, 2.24) is 0 Å². The van der Waals surface area contributed by atoms with E-state index in [-0.39, 0.29) is 11.7 Å². The molecular formula is C11H20O2. The van der Waals surface area contributed by atoms with E-state index in [9.17, 15) is 9.90 Å². The van der Waals surface area contributed by atoms with Crippen molar-refractivity contribution in [3.05, 3.63) is 0 Å². The predicted molar refractivity (Wildman–Crippen MR) is 52.4 cm³/mol. The molecule has 1 aliphatic carbocycles. The standard InChI is InChI=1S/C11H20O2/c1-3-4-5-6-9-7-10(12)11(13)8(9)2/h8-10,12H,3-7H2,1-2H3. The smallest absolute Gasteiger partial charge is 0.164 e. The van der Waals surface area contributed by atoms with Gasteiger partial charge in [0, 0.05) is 5.92 Å². The Morgan fingerprint density at radius 2 is 2.15 bits per heavy atom. The molecule has 2 heteroatoms. The van der Waals surface area contributed by atoms with Crippen LogP contribution >= 0.6 is 0 Å². The molecule has 1 aliphatic rings. The maximum atomic E-state index is 11.3. The molecule has 2 nitrogen and oxygen atoms in total. The Labute approximate surface area is 80.3 Å². The summed E-state index contributed by atoms with van der Waals surface area (Å²) in [5, 5.41) is 9.35. The maximum Gasteiger partial charge on any atom is 0.164 e. The third kappa shape index (κ3) is 2.53. The van der Waals surface area contributed by atoms with Gasteiger partial charge in [-0.3, -0.25) is 4.79 Å². The molecular weight excluding hydrogens is 164 g/mol. The highest BCUT2D eigenvalue weighted by molar-refractivity contribution is 5.87. The van der Waals surface area contributed by atoms with Crippen LogP contribution in [-0.2, 0) is 4.79 Å². The van der Waals surface area contributed by atoms with Gasteiger partial charge >= 0.3 is 0 Å². The van der Waals surface area contributed by atoms with Crippen LogP contribution in [0.5, 0.6) is 0 Å². The predicted octanol–water partition coefficient (Wildman–Crippen LogP) is 2.15. The number of hydrogen-bond donors (Lipinski definition) is 1. The Hall–Kier alpha value is -0.370. The first-order valence-electron chi connectivity index (χ1n) is 5.38. The highest BCUT2D eigenvalue weighted by Gasteiger charge is 2.37. The zero-order valence-electron chi connectivity index (χ0n) is 8.62. The summed E-state index contributed by atoms with van der Waals surface area (Å²) in [5.74, 6) is 0.586. The van der Waals surface area contributed by atoms with Crippen molar-refractivity contribution in [3.63, 3.8) is 0 Å². The van der Waals surface area contributed by atoms with E-state index < -0.39 is 6.10 Å². The molecule has 1 N–H and O–H groups in total. The molecule has 76 valence electrons. The van der Waals surface area contributed by atoms with Crippen molar-refractivity contribution in [2.45, 2.75) is 52.1 Å². The molecule has 0 aromatic rings. The molecule has 1 saturated carbocycles. The number of hydrogen-bond acceptors (Lipinski definition) is 2. The Balaban J connectivity index is 2.31. The number of rotatable bonds is 4. The summed E-state index contributed by atoms with van der Waals surface area (Å²) in [6.07, 6.45) is 4.81. The lowest BCUT2D eigenvalue weighted by Crippen LogP contribution is -2.16. The zero-order valence-corrected chi connectivity index (χ0v) is 8.62. The van der Waals surface area contributed by atoms with Gasteiger partial charge in [-0.2, -0.15) is 0 Å². The molecule has 1 fully saturated rings. The second-order valence-corrected chi connectivity index (χ2v) is 4.20. The van der Waals surface area contributed by atoms with Crippen LogP contribution in [-0.4, -0.2) is 17.0 Å². The van der Waals surface area contributed by atoms with Crippen molar-refractivity contribution in [2.24, 2.45) is 11.8 Å². The van der Waals surface area contributed by atoms with E-state index in [4.69, 9.17) is 0 Å². The summed E-state index contributed by atoms with van der Waals surface area (Å²) in [7, 11) is 0. The van der Waals surface area contributed by atoms with Crippen LogP contribution in [0, 0.1) is 11.8 Å². The molecule has 0 heterocycles. The van der Waals surface area contributed by atoms with Crippen molar-refractivity contribution in [2.75, 3.05) is 0 Å². The van der Waals surface area contributed by atoms with Crippen LogP contribution in [0.2, 0.25) is 0 Å². The number of Topliss-reactive ketones (excluding diaryl/α,β-unsaturated/α-hetero) is 1. The Kier molecular flexibility index (Phi) is 3.91. The van der Waals surface area contributed by atoms with Crippen molar-refractivity contribution in [1.29, 1.82) is 0 Å². The zero-order chi connectivity index (χ0) is 9.84. The number of unbranched alkanes of at least 4 members (excludes halogenated alkanes) is 2. The second-order valence-electron chi connectivity index (χ2n) is 4.20. The lowest BCUT2D eigenvalue weighted by atomic mass is 9.92. The summed E-state index contributed by atoms with van der Waals surface area (Å²) in [6, 6.07) is 0. The van der Waals surface area contributed by atoms with Gasteiger partial charge in [-0.15, -0.1) is 0 Å². The molecule has 0 spiro atoms. The largest absolute Gasteiger partial charge is 0.385 e. The molecule has 0 aliphatic heterocycles. The van der Waals surface area contributed by atoms with Gasteiger partial charge in [0.2, 0.25) is 0 Å². The number of aliphatic hydroxyl groups is 1. The van der Waals surface area contributed by atoms with Crippen LogP contribution in [0.4, 0.5) is 0 Å². The number of carbonyl (C=O) groups is 1. The van der Waals surface area contributed by atoms with E-state index in [1.807, 2.05) is 6.92 Å². The van der Waals surface area contributed by atoms with E-state index >= 15 is 0 Å². The topological polar surface area (TPSA) is 37.3 Å². The lowest BCUT2D eigenvalue weighted by Gasteiger charge is -2.12. The fourth-order valence-electron chi connectivity index (χ4n) is 2.17. The van der Waals surface area contributed by atoms with Gasteiger partial charge in [0.05, 0.1) is 0 Å². The Bertz CT molecular complexity index is 177. The van der Waals surface area contributed by atoms with E-state index in [0.29, 0.717) is 12.3 Å². The van der Waals surface area contributed by atoms with Crippen LogP contribution in [0.1, 0.15) is 46.0 Å². The minimum absolute atomic E-state index is 0.0569. The summed E-state index contributed by atoms with van der Waals surface area (Å²) < 4.78 is 0. The van der Waals surface area contributed by atoms with E-state index in [0.717, 1.165) is 6.42 Å². The fourth-order valence-corrected chi connectivity index (χ4v) is 2.17. The summed E-state index contributed by atoms with van der Waals surface area (Å²) in [5.41, 5.74) is 0. The fraction of sp³-hybridized carbons (Fsp3) is 0.909. The molecule has 0 amide bonds. The second kappa shape index (κ2) is 4.75. The Morgan fingerprint density at radius 1 is 1.46 bits per heavy atom. The molecule has 13 heavy (non-hydrogen) atoms. The molecule has 0 aromatic heterocycles. The third-order valence-corrected chi connectivity index (χ3v) is 3.19. The highest BCUT2D eigenvalue weighted by Crippen LogP contribution is 2.32. The monoisotopic (exact) mass is 184 g/mol. The van der Waals surface area contributed by atoms with E-state index in [1.165, 1.54) is 19.3 Å². The van der Waals surface area contributed by atoms with Gasteiger partial charge in [0.25, 0.3) is 0 Å². The van der Waals surface area contributed by atoms with Crippen LogP contribution in [0.15, 0.2) is 0 Å². The third-order valence-electron chi connectivity index (χ3n) is 3.19. The molecule has 1 rings (SSSR count). The first-order valence-corrected chi connectivity index (χ1v) is 5.38. The van der Waals surface area contributed by atoms with E-state index in [2.05, 4.69) is 6.92 Å². The number of ketones is 1. The van der Waals surface area contributed by atoms with Gasteiger partial charge in [-0.25, -0.2) is 0 Å². The minimum atomic E-state index is -0.665. The van der Waals surface area contributed by atoms with Crippen molar-refractivity contribution >= 4 is 5.78 Å². The highest BCUT2D eigenvalue weighted by atomic mass is 16.3. The minimum Gasteiger partial charge on any atom is -0.385 e. The molecule has 0 saturated heterocycles. The Morgan fingerprint density at radius 3 is 2.62 bits per heavy atom. The number of carbonyl (C=O) groups excluding carboxylic acids is 1. The molecule has 0 aromatic carbocycles. The van der Waals surface area contributed by atoms with Crippen LogP contribution in [0.25, 0.3) is 0 Å². The maximum absolute atomic E-state index is 11.3. The van der Waals surface area contributed by atoms with Gasteiger partial charge in [-0.1, -0.05) is 33.1 Å².